The molecule has 0 fully saturated rings. The van der Waals surface area contributed by atoms with Crippen LogP contribution >= 0.6 is 11.8 Å². The van der Waals surface area contributed by atoms with Crippen LogP contribution in [0.4, 0.5) is 0 Å². The fraction of sp³-hybridized carbons (Fsp3) is 0.263. The fourth-order valence-corrected chi connectivity index (χ4v) is 4.05. The Morgan fingerprint density at radius 2 is 1.78 bits per heavy atom. The number of carbonyl (C=O) groups excluding carboxylic acids is 1. The Morgan fingerprint density at radius 3 is 2.30 bits per heavy atom. The van der Waals surface area contributed by atoms with Crippen LogP contribution in [0.3, 0.4) is 0 Å². The minimum atomic E-state index is -3.47. The first kappa shape index (κ1) is 21.0. The van der Waals surface area contributed by atoms with Crippen molar-refractivity contribution in [2.45, 2.75) is 29.2 Å². The van der Waals surface area contributed by atoms with E-state index in [-0.39, 0.29) is 16.9 Å². The Kier molecular flexibility index (Phi) is 6.67. The van der Waals surface area contributed by atoms with Gasteiger partial charge in [-0.05, 0) is 48.6 Å². The Hall–Kier alpha value is -2.32. The number of carbonyl (C=O) groups is 2. The Labute approximate surface area is 162 Å². The van der Waals surface area contributed by atoms with Gasteiger partial charge < -0.3 is 10.4 Å². The van der Waals surface area contributed by atoms with Gasteiger partial charge in [-0.15, -0.1) is 11.8 Å². The third kappa shape index (κ3) is 5.58. The summed E-state index contributed by atoms with van der Waals surface area (Å²) in [5.41, 5.74) is 1.37. The molecule has 1 amide bonds. The van der Waals surface area contributed by atoms with Crippen molar-refractivity contribution >= 4 is 33.5 Å². The molecule has 0 heterocycles. The highest BCUT2D eigenvalue weighted by atomic mass is 32.2. The van der Waals surface area contributed by atoms with Crippen molar-refractivity contribution in [2.75, 3.05) is 12.5 Å². The molecule has 2 aromatic carbocycles. The molecule has 0 spiro atoms. The summed E-state index contributed by atoms with van der Waals surface area (Å²) in [6.07, 6.45) is 2.73. The standard InChI is InChI=1S/C19H21NO5S2/c1-12-4-5-14(10-17(12)27(3,24)25)19(23)20-16(11-18(21)22)13-6-8-15(26-2)9-7-13/h4-10,16H,11H2,1-3H3,(H,20,23)(H,21,22)/t16-/m1/s1. The molecular weight excluding hydrogens is 386 g/mol. The van der Waals surface area contributed by atoms with Crippen LogP contribution in [0, 0.1) is 6.92 Å². The topological polar surface area (TPSA) is 101 Å². The number of rotatable bonds is 7. The van der Waals surface area contributed by atoms with Crippen LogP contribution in [0.25, 0.3) is 0 Å². The van der Waals surface area contributed by atoms with Crippen molar-refractivity contribution < 1.29 is 23.1 Å². The van der Waals surface area contributed by atoms with E-state index in [0.29, 0.717) is 11.1 Å². The van der Waals surface area contributed by atoms with E-state index in [9.17, 15) is 23.1 Å². The summed E-state index contributed by atoms with van der Waals surface area (Å²) in [7, 11) is -3.47. The van der Waals surface area contributed by atoms with E-state index >= 15 is 0 Å². The molecule has 8 heteroatoms. The van der Waals surface area contributed by atoms with E-state index in [2.05, 4.69) is 5.32 Å². The number of benzene rings is 2. The average Bonchev–Trinajstić information content (AvgIpc) is 2.60. The summed E-state index contributed by atoms with van der Waals surface area (Å²) in [6, 6.07) is 10.9. The highest BCUT2D eigenvalue weighted by Crippen LogP contribution is 2.23. The summed E-state index contributed by atoms with van der Waals surface area (Å²) in [6.45, 7) is 1.65. The largest absolute Gasteiger partial charge is 0.481 e. The predicted molar refractivity (Wildman–Crippen MR) is 105 cm³/mol. The quantitative estimate of drug-likeness (QED) is 0.684. The molecule has 0 radical (unpaired) electrons. The number of aryl methyl sites for hydroxylation is 1. The van der Waals surface area contributed by atoms with Gasteiger partial charge in [0.05, 0.1) is 17.4 Å². The lowest BCUT2D eigenvalue weighted by molar-refractivity contribution is -0.137. The first-order chi connectivity index (χ1) is 12.6. The number of carboxylic acids is 1. The minimum Gasteiger partial charge on any atom is -0.481 e. The van der Waals surface area contributed by atoms with Gasteiger partial charge in [-0.25, -0.2) is 8.42 Å². The maximum Gasteiger partial charge on any atom is 0.305 e. The number of sulfone groups is 1. The highest BCUT2D eigenvalue weighted by Gasteiger charge is 2.20. The molecule has 0 aromatic heterocycles. The lowest BCUT2D eigenvalue weighted by Gasteiger charge is -2.18. The second-order valence-corrected chi connectivity index (χ2v) is 9.01. The lowest BCUT2D eigenvalue weighted by atomic mass is 10.0. The number of nitrogens with one attached hydrogen (secondary N) is 1. The smallest absolute Gasteiger partial charge is 0.305 e. The van der Waals surface area contributed by atoms with Crippen molar-refractivity contribution in [2.24, 2.45) is 0 Å². The Balaban J connectivity index is 2.31. The summed E-state index contributed by atoms with van der Waals surface area (Å²) >= 11 is 1.56. The van der Waals surface area contributed by atoms with Crippen LogP contribution in [-0.4, -0.2) is 37.9 Å². The van der Waals surface area contributed by atoms with E-state index in [1.54, 1.807) is 36.9 Å². The number of amides is 1. The summed E-state index contributed by atoms with van der Waals surface area (Å²) in [5.74, 6) is -1.57. The molecule has 0 aliphatic rings. The first-order valence-corrected chi connectivity index (χ1v) is 11.2. The first-order valence-electron chi connectivity index (χ1n) is 8.09. The van der Waals surface area contributed by atoms with Crippen LogP contribution in [-0.2, 0) is 14.6 Å². The molecule has 0 saturated carbocycles. The molecule has 2 rings (SSSR count). The van der Waals surface area contributed by atoms with Gasteiger partial charge in [0.2, 0.25) is 0 Å². The summed E-state index contributed by atoms with van der Waals surface area (Å²) in [5, 5.41) is 11.9. The van der Waals surface area contributed by atoms with Crippen LogP contribution < -0.4 is 5.32 Å². The third-order valence-corrected chi connectivity index (χ3v) is 6.03. The van der Waals surface area contributed by atoms with E-state index < -0.39 is 27.8 Å². The number of carboxylic acid groups (broad SMARTS) is 1. The normalized spacial score (nSPS) is 12.4. The predicted octanol–water partition coefficient (Wildman–Crippen LogP) is 3.07. The minimum absolute atomic E-state index is 0.0780. The van der Waals surface area contributed by atoms with Crippen LogP contribution in [0.1, 0.15) is 33.9 Å². The van der Waals surface area contributed by atoms with Gasteiger partial charge in [0.1, 0.15) is 0 Å². The fourth-order valence-electron chi connectivity index (χ4n) is 2.65. The van der Waals surface area contributed by atoms with Gasteiger partial charge in [-0.2, -0.15) is 0 Å². The number of aliphatic carboxylic acids is 1. The molecule has 2 N–H and O–H groups in total. The molecule has 1 atom stereocenters. The highest BCUT2D eigenvalue weighted by molar-refractivity contribution is 7.98. The number of thioether (sulfide) groups is 1. The zero-order valence-corrected chi connectivity index (χ0v) is 16.9. The molecule has 0 aliphatic heterocycles. The van der Waals surface area contributed by atoms with Gasteiger partial charge in [-0.1, -0.05) is 18.2 Å². The van der Waals surface area contributed by atoms with Gasteiger partial charge in [0.15, 0.2) is 9.84 Å². The zero-order chi connectivity index (χ0) is 20.2. The van der Waals surface area contributed by atoms with Crippen molar-refractivity contribution in [1.29, 1.82) is 0 Å². The maximum atomic E-state index is 12.6. The van der Waals surface area contributed by atoms with Gasteiger partial charge >= 0.3 is 5.97 Å². The van der Waals surface area contributed by atoms with E-state index in [1.807, 2.05) is 18.4 Å². The molecule has 0 bridgehead atoms. The second kappa shape index (κ2) is 8.58. The Bertz CT molecular complexity index is 953. The van der Waals surface area contributed by atoms with Gasteiger partial charge in [-0.3, -0.25) is 9.59 Å². The lowest BCUT2D eigenvalue weighted by Crippen LogP contribution is -2.30. The molecular formula is C19H21NO5S2. The van der Waals surface area contributed by atoms with Crippen molar-refractivity contribution in [3.63, 3.8) is 0 Å². The monoisotopic (exact) mass is 407 g/mol. The van der Waals surface area contributed by atoms with E-state index in [1.165, 1.54) is 12.1 Å². The van der Waals surface area contributed by atoms with Crippen molar-refractivity contribution in [3.05, 3.63) is 59.2 Å². The second-order valence-electron chi connectivity index (χ2n) is 6.15. The number of hydrogen-bond donors (Lipinski definition) is 2. The van der Waals surface area contributed by atoms with E-state index in [4.69, 9.17) is 0 Å². The molecule has 0 saturated heterocycles. The van der Waals surface area contributed by atoms with Crippen molar-refractivity contribution in [3.8, 4) is 0 Å². The SMILES string of the molecule is CSc1ccc([C@@H](CC(=O)O)NC(=O)c2ccc(C)c(S(C)(=O)=O)c2)cc1. The van der Waals surface area contributed by atoms with Crippen molar-refractivity contribution in [1.82, 2.24) is 5.32 Å². The third-order valence-electron chi connectivity index (χ3n) is 4.05. The van der Waals surface area contributed by atoms with Gasteiger partial charge in [0.25, 0.3) is 5.91 Å². The summed E-state index contributed by atoms with van der Waals surface area (Å²) in [4.78, 5) is 24.9. The molecule has 0 aliphatic carbocycles. The van der Waals surface area contributed by atoms with Crippen LogP contribution in [0.2, 0.25) is 0 Å². The van der Waals surface area contributed by atoms with E-state index in [0.717, 1.165) is 11.2 Å². The summed E-state index contributed by atoms with van der Waals surface area (Å²) < 4.78 is 23.7. The zero-order valence-electron chi connectivity index (χ0n) is 15.2. The van der Waals surface area contributed by atoms with Crippen LogP contribution in [0.5, 0.6) is 0 Å². The molecule has 2 aromatic rings. The maximum absolute atomic E-state index is 12.6. The molecule has 27 heavy (non-hydrogen) atoms. The molecule has 0 unspecified atom stereocenters. The Morgan fingerprint density at radius 1 is 1.15 bits per heavy atom. The number of hydrogen-bond acceptors (Lipinski definition) is 5. The average molecular weight is 408 g/mol. The van der Waals surface area contributed by atoms with Crippen LogP contribution in [0.15, 0.2) is 52.3 Å². The van der Waals surface area contributed by atoms with Gasteiger partial charge in [0, 0.05) is 16.7 Å². The molecule has 6 nitrogen and oxygen atoms in total. The molecule has 144 valence electrons.